The Kier molecular flexibility index (Phi) is 7.11. The molecule has 1 aromatic carbocycles. The third-order valence-corrected chi connectivity index (χ3v) is 7.65. The van der Waals surface area contributed by atoms with E-state index in [0.29, 0.717) is 12.0 Å². The fraction of sp³-hybridized carbons (Fsp3) is 0.615. The van der Waals surface area contributed by atoms with Crippen molar-refractivity contribution in [1.82, 2.24) is 0 Å². The van der Waals surface area contributed by atoms with Crippen LogP contribution in [-0.4, -0.2) is 17.8 Å². The smallest absolute Gasteiger partial charge is 0.125 e. The van der Waals surface area contributed by atoms with Crippen LogP contribution in [0.25, 0.3) is 0 Å². The number of hydrogen-bond donors (Lipinski definition) is 1. The van der Waals surface area contributed by atoms with E-state index in [1.807, 2.05) is 0 Å². The van der Waals surface area contributed by atoms with Gasteiger partial charge in [0.2, 0.25) is 0 Å². The number of ether oxygens (including phenoxy) is 1. The molecule has 2 aromatic rings. The van der Waals surface area contributed by atoms with E-state index < -0.39 is 6.10 Å². The second-order valence-electron chi connectivity index (χ2n) is 9.67. The van der Waals surface area contributed by atoms with Crippen molar-refractivity contribution in [3.8, 4) is 5.75 Å². The van der Waals surface area contributed by atoms with Crippen LogP contribution in [0.3, 0.4) is 0 Å². The quantitative estimate of drug-likeness (QED) is 0.543. The van der Waals surface area contributed by atoms with Gasteiger partial charge in [-0.3, -0.25) is 0 Å². The van der Waals surface area contributed by atoms with Crippen LogP contribution in [0.2, 0.25) is 0 Å². The summed E-state index contributed by atoms with van der Waals surface area (Å²) in [6.45, 7) is 13.5. The molecule has 0 bridgehead atoms. The van der Waals surface area contributed by atoms with Gasteiger partial charge in [0, 0.05) is 9.75 Å². The fourth-order valence-electron chi connectivity index (χ4n) is 4.69. The Labute approximate surface area is 181 Å². The zero-order chi connectivity index (χ0) is 21.2. The van der Waals surface area contributed by atoms with Gasteiger partial charge < -0.3 is 9.84 Å². The molecule has 1 atom stereocenters. The van der Waals surface area contributed by atoms with Crippen LogP contribution in [0.4, 0.5) is 0 Å². The molecule has 1 aliphatic rings. The van der Waals surface area contributed by atoms with Gasteiger partial charge in [-0.2, -0.15) is 0 Å². The molecule has 1 aliphatic carbocycles. The zero-order valence-corrected chi connectivity index (χ0v) is 20.0. The Morgan fingerprint density at radius 1 is 1.10 bits per heavy atom. The third kappa shape index (κ3) is 5.44. The van der Waals surface area contributed by atoms with E-state index in [1.165, 1.54) is 55.2 Å². The average Bonchev–Trinajstić information content (AvgIpc) is 2.96. The van der Waals surface area contributed by atoms with E-state index >= 15 is 0 Å². The minimum Gasteiger partial charge on any atom is -0.490 e. The van der Waals surface area contributed by atoms with E-state index in [1.54, 1.807) is 27.8 Å². The molecule has 0 spiro atoms. The lowest BCUT2D eigenvalue weighted by atomic mass is 9.74. The molecular weight excluding hydrogens is 376 g/mol. The number of thiophene rings is 1. The molecule has 3 rings (SSSR count). The van der Waals surface area contributed by atoms with Crippen LogP contribution >= 0.6 is 11.3 Å². The first-order valence-electron chi connectivity index (χ1n) is 11.2. The third-order valence-electron chi connectivity index (χ3n) is 6.17. The molecule has 29 heavy (non-hydrogen) atoms. The molecule has 1 unspecified atom stereocenters. The molecule has 1 heterocycles. The Balaban J connectivity index is 1.66. The SMILES string of the molecule is CCc1sc(CCCc2cc(C)c(OCC(C)O)c(C)c2)c2c1CC(C)(C)CC2. The van der Waals surface area contributed by atoms with Crippen molar-refractivity contribution in [1.29, 1.82) is 0 Å². The van der Waals surface area contributed by atoms with E-state index in [9.17, 15) is 5.11 Å². The maximum atomic E-state index is 9.48. The first-order chi connectivity index (χ1) is 13.7. The molecule has 0 radical (unpaired) electrons. The van der Waals surface area contributed by atoms with Crippen LogP contribution in [0.5, 0.6) is 5.75 Å². The normalized spacial score (nSPS) is 16.5. The molecule has 0 saturated carbocycles. The minimum atomic E-state index is -0.441. The summed E-state index contributed by atoms with van der Waals surface area (Å²) in [4.78, 5) is 3.28. The van der Waals surface area contributed by atoms with Gasteiger partial charge in [-0.05, 0) is 98.9 Å². The van der Waals surface area contributed by atoms with Gasteiger partial charge in [0.05, 0.1) is 6.10 Å². The number of aryl methyl sites for hydroxylation is 5. The second kappa shape index (κ2) is 9.22. The number of aliphatic hydroxyl groups excluding tert-OH is 1. The van der Waals surface area contributed by atoms with Crippen molar-refractivity contribution in [3.05, 3.63) is 49.7 Å². The Morgan fingerprint density at radius 3 is 2.41 bits per heavy atom. The predicted molar refractivity (Wildman–Crippen MR) is 125 cm³/mol. The van der Waals surface area contributed by atoms with Crippen LogP contribution in [-0.2, 0) is 32.1 Å². The molecule has 160 valence electrons. The van der Waals surface area contributed by atoms with Crippen molar-refractivity contribution in [2.75, 3.05) is 6.61 Å². The lowest BCUT2D eigenvalue weighted by Gasteiger charge is -2.30. The van der Waals surface area contributed by atoms with Crippen molar-refractivity contribution < 1.29 is 9.84 Å². The molecule has 0 aliphatic heterocycles. The lowest BCUT2D eigenvalue weighted by molar-refractivity contribution is 0.122. The fourth-order valence-corrected chi connectivity index (χ4v) is 6.05. The highest BCUT2D eigenvalue weighted by Gasteiger charge is 2.29. The molecule has 3 heteroatoms. The summed E-state index contributed by atoms with van der Waals surface area (Å²) in [6, 6.07) is 4.52. The van der Waals surface area contributed by atoms with E-state index in [4.69, 9.17) is 4.74 Å². The predicted octanol–water partition coefficient (Wildman–Crippen LogP) is 6.38. The Hall–Kier alpha value is -1.32. The van der Waals surface area contributed by atoms with E-state index in [0.717, 1.165) is 12.2 Å². The second-order valence-corrected chi connectivity index (χ2v) is 10.9. The summed E-state index contributed by atoms with van der Waals surface area (Å²) >= 11 is 2.09. The van der Waals surface area contributed by atoms with Gasteiger partial charge in [0.15, 0.2) is 0 Å². The average molecular weight is 415 g/mol. The first kappa shape index (κ1) is 22.4. The van der Waals surface area contributed by atoms with Crippen molar-refractivity contribution >= 4 is 11.3 Å². The Morgan fingerprint density at radius 2 is 1.79 bits per heavy atom. The summed E-state index contributed by atoms with van der Waals surface area (Å²) in [5.74, 6) is 0.928. The summed E-state index contributed by atoms with van der Waals surface area (Å²) in [6.07, 6.45) is 8.09. The minimum absolute atomic E-state index is 0.348. The van der Waals surface area contributed by atoms with Gasteiger partial charge in [-0.25, -0.2) is 0 Å². The number of benzene rings is 1. The largest absolute Gasteiger partial charge is 0.490 e. The molecule has 0 fully saturated rings. The number of aliphatic hydroxyl groups is 1. The van der Waals surface area contributed by atoms with Crippen molar-refractivity contribution in [3.63, 3.8) is 0 Å². The standard InChI is InChI=1S/C26H38O2S/c1-7-23-22-15-26(5,6)12-11-21(22)24(29-23)10-8-9-20-13-17(2)25(18(3)14-20)28-16-19(4)27/h13-14,19,27H,7-12,15-16H2,1-6H3. The van der Waals surface area contributed by atoms with Crippen molar-refractivity contribution in [2.24, 2.45) is 5.41 Å². The molecule has 0 amide bonds. The summed E-state index contributed by atoms with van der Waals surface area (Å²) in [5, 5.41) is 9.48. The molecule has 1 N–H and O–H groups in total. The monoisotopic (exact) mass is 414 g/mol. The van der Waals surface area contributed by atoms with Crippen LogP contribution < -0.4 is 4.74 Å². The maximum absolute atomic E-state index is 9.48. The maximum Gasteiger partial charge on any atom is 0.125 e. The van der Waals surface area contributed by atoms with Crippen LogP contribution in [0.1, 0.15) is 78.1 Å². The first-order valence-corrected chi connectivity index (χ1v) is 12.0. The number of hydrogen-bond acceptors (Lipinski definition) is 3. The van der Waals surface area contributed by atoms with Gasteiger partial charge in [-0.15, -0.1) is 11.3 Å². The highest BCUT2D eigenvalue weighted by molar-refractivity contribution is 7.12. The van der Waals surface area contributed by atoms with Gasteiger partial charge >= 0.3 is 0 Å². The lowest BCUT2D eigenvalue weighted by Crippen LogP contribution is -2.22. The van der Waals surface area contributed by atoms with Crippen molar-refractivity contribution in [2.45, 2.75) is 92.6 Å². The highest BCUT2D eigenvalue weighted by atomic mass is 32.1. The molecule has 0 saturated heterocycles. The summed E-state index contributed by atoms with van der Waals surface area (Å²) in [5.41, 5.74) is 7.58. The Bertz CT molecular complexity index is 822. The number of fused-ring (bicyclic) bond motifs is 1. The van der Waals surface area contributed by atoms with E-state index in [2.05, 4.69) is 58.1 Å². The number of rotatable bonds is 8. The van der Waals surface area contributed by atoms with Crippen LogP contribution in [0.15, 0.2) is 12.1 Å². The topological polar surface area (TPSA) is 29.5 Å². The summed E-state index contributed by atoms with van der Waals surface area (Å²) < 4.78 is 5.80. The van der Waals surface area contributed by atoms with Crippen LogP contribution in [0, 0.1) is 19.3 Å². The summed E-state index contributed by atoms with van der Waals surface area (Å²) in [7, 11) is 0. The van der Waals surface area contributed by atoms with Gasteiger partial charge in [0.1, 0.15) is 12.4 Å². The molecule has 2 nitrogen and oxygen atoms in total. The van der Waals surface area contributed by atoms with Gasteiger partial charge in [0.25, 0.3) is 0 Å². The molecular formula is C26H38O2S. The highest BCUT2D eigenvalue weighted by Crippen LogP contribution is 2.42. The molecule has 1 aromatic heterocycles. The van der Waals surface area contributed by atoms with Gasteiger partial charge in [-0.1, -0.05) is 32.9 Å². The zero-order valence-electron chi connectivity index (χ0n) is 19.2. The van der Waals surface area contributed by atoms with E-state index in [-0.39, 0.29) is 0 Å².